The Morgan fingerprint density at radius 1 is 1.00 bits per heavy atom. The predicted molar refractivity (Wildman–Crippen MR) is 87.3 cm³/mol. The van der Waals surface area contributed by atoms with E-state index >= 15 is 0 Å². The van der Waals surface area contributed by atoms with Crippen LogP contribution in [0.5, 0.6) is 5.75 Å². The maximum absolute atomic E-state index is 13.3. The van der Waals surface area contributed by atoms with E-state index in [1.165, 1.54) is 14.2 Å². The molecule has 1 aliphatic heterocycles. The Bertz CT molecular complexity index is 811. The second-order valence-electron chi connectivity index (χ2n) is 4.85. The van der Waals surface area contributed by atoms with Gasteiger partial charge in [-0.1, -0.05) is 36.4 Å². The molecule has 0 aromatic heterocycles. The average Bonchev–Trinajstić information content (AvgIpc) is 2.60. The minimum absolute atomic E-state index is 0.405. The van der Waals surface area contributed by atoms with Crippen LogP contribution in [0.2, 0.25) is 0 Å². The Morgan fingerprint density at radius 2 is 1.61 bits per heavy atom. The molecule has 122 valence electrons. The Hall–Kier alpha value is -1.42. The van der Waals surface area contributed by atoms with Crippen molar-refractivity contribution in [2.24, 2.45) is 0 Å². The predicted octanol–water partition coefficient (Wildman–Crippen LogP) is 4.02. The van der Waals surface area contributed by atoms with E-state index in [0.29, 0.717) is 11.1 Å². The monoisotopic (exact) mass is 354 g/mol. The number of para-hydroxylation sites is 1. The zero-order chi connectivity index (χ0) is 16.5. The highest BCUT2D eigenvalue weighted by atomic mass is 31.2. The first kappa shape index (κ1) is 16.4. The second kappa shape index (κ2) is 6.23. The van der Waals surface area contributed by atoms with E-state index < -0.39 is 21.5 Å². The van der Waals surface area contributed by atoms with Gasteiger partial charge in [-0.2, -0.15) is 0 Å². The molecule has 1 aliphatic rings. The number of rotatable bonds is 5. The molecule has 23 heavy (non-hydrogen) atoms. The third-order valence-electron chi connectivity index (χ3n) is 3.53. The average molecular weight is 354 g/mol. The molecule has 1 heterocycles. The summed E-state index contributed by atoms with van der Waals surface area (Å²) < 4.78 is 45.7. The molecule has 2 aromatic rings. The Labute approximate surface area is 134 Å². The number of hydrogen-bond donors (Lipinski definition) is 0. The summed E-state index contributed by atoms with van der Waals surface area (Å²) in [5.41, 5.74) is 1.67. The van der Waals surface area contributed by atoms with Crippen molar-refractivity contribution in [1.82, 2.24) is 0 Å². The molecule has 0 radical (unpaired) electrons. The smallest absolute Gasteiger partial charge is 0.438 e. The van der Waals surface area contributed by atoms with Crippen LogP contribution in [-0.4, -0.2) is 20.6 Å². The van der Waals surface area contributed by atoms with E-state index in [1.807, 2.05) is 24.3 Å². The Morgan fingerprint density at radius 3 is 2.30 bits per heavy atom. The van der Waals surface area contributed by atoms with Crippen LogP contribution < -0.4 is 9.83 Å². The van der Waals surface area contributed by atoms with Gasteiger partial charge in [0.2, 0.25) is 0 Å². The first-order valence-corrected chi connectivity index (χ1v) is 10.1. The minimum atomic E-state index is -3.74. The fourth-order valence-electron chi connectivity index (χ4n) is 2.40. The second-order valence-corrected chi connectivity index (χ2v) is 9.00. The molecule has 0 fully saturated rings. The molecule has 0 saturated heterocycles. The van der Waals surface area contributed by atoms with Crippen LogP contribution in [-0.2, 0) is 22.7 Å². The fourth-order valence-corrected chi connectivity index (χ4v) is 5.57. The van der Waals surface area contributed by atoms with Gasteiger partial charge in [-0.15, -0.1) is 0 Å². The minimum Gasteiger partial charge on any atom is -0.438 e. The van der Waals surface area contributed by atoms with E-state index in [4.69, 9.17) is 18.1 Å². The van der Waals surface area contributed by atoms with Crippen LogP contribution in [0.15, 0.2) is 48.5 Å². The normalized spacial score (nSPS) is 19.6. The maximum atomic E-state index is 13.3. The summed E-state index contributed by atoms with van der Waals surface area (Å²) in [5.74, 6) is 0.503. The lowest BCUT2D eigenvalue weighted by atomic mass is 10.0. The van der Waals surface area contributed by atoms with E-state index in [0.717, 1.165) is 11.1 Å². The summed E-state index contributed by atoms with van der Waals surface area (Å²) >= 11 is 0. The molecule has 0 aliphatic carbocycles. The van der Waals surface area contributed by atoms with Crippen LogP contribution in [0.1, 0.15) is 0 Å². The third kappa shape index (κ3) is 3.01. The molecule has 6 nitrogen and oxygen atoms in total. The van der Waals surface area contributed by atoms with Gasteiger partial charge in [0, 0.05) is 19.8 Å². The number of hydrogen-bond acceptors (Lipinski definition) is 6. The summed E-state index contributed by atoms with van der Waals surface area (Å²) in [7, 11) is -4.75. The summed E-state index contributed by atoms with van der Waals surface area (Å²) in [6, 6.07) is 14.5. The zero-order valence-corrected chi connectivity index (χ0v) is 14.5. The SMILES string of the molecule is COP(=O)(OC)OCP1(=O)Oc2ccccc2-c2ccccc21. The quantitative estimate of drug-likeness (QED) is 0.755. The lowest BCUT2D eigenvalue weighted by Gasteiger charge is -2.28. The van der Waals surface area contributed by atoms with Crippen LogP contribution in [0.3, 0.4) is 0 Å². The number of benzene rings is 2. The summed E-state index contributed by atoms with van der Waals surface area (Å²) in [5, 5.41) is 0.525. The number of fused-ring (bicyclic) bond motifs is 3. The molecule has 2 aromatic carbocycles. The van der Waals surface area contributed by atoms with Crippen molar-refractivity contribution in [2.75, 3.05) is 20.6 Å². The standard InChI is InChI=1S/C15H16O6P2/c1-18-23(17,19-2)20-11-22(16)15-10-6-4-8-13(15)12-7-3-5-9-14(12)21-22/h3-10H,11H2,1-2H3. The van der Waals surface area contributed by atoms with Crippen LogP contribution >= 0.6 is 15.2 Å². The molecular weight excluding hydrogens is 338 g/mol. The van der Waals surface area contributed by atoms with E-state index in [1.54, 1.807) is 24.3 Å². The van der Waals surface area contributed by atoms with Gasteiger partial charge in [0.25, 0.3) is 0 Å². The topological polar surface area (TPSA) is 71.1 Å². The molecule has 0 bridgehead atoms. The maximum Gasteiger partial charge on any atom is 0.474 e. The van der Waals surface area contributed by atoms with Crippen molar-refractivity contribution < 1.29 is 27.2 Å². The number of phosphoric acid groups is 1. The van der Waals surface area contributed by atoms with Crippen molar-refractivity contribution in [3.05, 3.63) is 48.5 Å². The first-order valence-electron chi connectivity index (χ1n) is 6.85. The van der Waals surface area contributed by atoms with Gasteiger partial charge in [-0.25, -0.2) is 4.57 Å². The third-order valence-corrected chi connectivity index (χ3v) is 7.16. The van der Waals surface area contributed by atoms with Gasteiger partial charge in [-0.3, -0.25) is 18.1 Å². The molecule has 8 heteroatoms. The number of phosphoric ester groups is 1. The van der Waals surface area contributed by atoms with E-state index in [2.05, 4.69) is 0 Å². The van der Waals surface area contributed by atoms with Gasteiger partial charge >= 0.3 is 15.2 Å². The molecule has 1 unspecified atom stereocenters. The van der Waals surface area contributed by atoms with E-state index in [-0.39, 0.29) is 0 Å². The highest BCUT2D eigenvalue weighted by Gasteiger charge is 2.39. The molecule has 0 spiro atoms. The Kier molecular flexibility index (Phi) is 4.45. The zero-order valence-electron chi connectivity index (χ0n) is 12.7. The lowest BCUT2D eigenvalue weighted by molar-refractivity contribution is 0.168. The highest BCUT2D eigenvalue weighted by Crippen LogP contribution is 2.58. The van der Waals surface area contributed by atoms with Crippen molar-refractivity contribution in [3.8, 4) is 16.9 Å². The summed E-state index contributed by atoms with van der Waals surface area (Å²) in [6.45, 7) is 0. The molecule has 0 N–H and O–H groups in total. The molecule has 0 amide bonds. The largest absolute Gasteiger partial charge is 0.474 e. The van der Waals surface area contributed by atoms with Crippen molar-refractivity contribution in [1.29, 1.82) is 0 Å². The Balaban J connectivity index is 2.01. The highest BCUT2D eigenvalue weighted by molar-refractivity contribution is 7.68. The van der Waals surface area contributed by atoms with Crippen LogP contribution in [0.4, 0.5) is 0 Å². The first-order chi connectivity index (χ1) is 11.0. The van der Waals surface area contributed by atoms with Gasteiger partial charge in [0.15, 0.2) is 0 Å². The fraction of sp³-hybridized carbons (Fsp3) is 0.200. The molecule has 3 rings (SSSR count). The van der Waals surface area contributed by atoms with Crippen molar-refractivity contribution >= 4 is 20.5 Å². The van der Waals surface area contributed by atoms with Gasteiger partial charge < -0.3 is 4.52 Å². The lowest BCUT2D eigenvalue weighted by Crippen LogP contribution is -2.20. The van der Waals surface area contributed by atoms with E-state index in [9.17, 15) is 9.13 Å². The van der Waals surface area contributed by atoms with Gasteiger partial charge in [0.1, 0.15) is 12.1 Å². The van der Waals surface area contributed by atoms with Crippen LogP contribution in [0.25, 0.3) is 11.1 Å². The van der Waals surface area contributed by atoms with Gasteiger partial charge in [-0.05, 0) is 17.7 Å². The molecular formula is C15H16O6P2. The summed E-state index contributed by atoms with van der Waals surface area (Å²) in [4.78, 5) is 0. The molecule has 0 saturated carbocycles. The van der Waals surface area contributed by atoms with Crippen LogP contribution in [0, 0.1) is 0 Å². The van der Waals surface area contributed by atoms with Gasteiger partial charge in [0.05, 0.1) is 5.30 Å². The van der Waals surface area contributed by atoms with Crippen molar-refractivity contribution in [3.63, 3.8) is 0 Å². The van der Waals surface area contributed by atoms with Crippen molar-refractivity contribution in [2.45, 2.75) is 0 Å². The summed E-state index contributed by atoms with van der Waals surface area (Å²) in [6.07, 6.45) is -0.405. The molecule has 1 atom stereocenters.